The van der Waals surface area contributed by atoms with E-state index in [1.807, 2.05) is 0 Å². The lowest BCUT2D eigenvalue weighted by atomic mass is 10.2. The van der Waals surface area contributed by atoms with Crippen LogP contribution in [0.3, 0.4) is 0 Å². The van der Waals surface area contributed by atoms with Crippen LogP contribution in [-0.2, 0) is 4.43 Å². The van der Waals surface area contributed by atoms with Crippen LogP contribution in [0.25, 0.3) is 0 Å². The van der Waals surface area contributed by atoms with Gasteiger partial charge in [0.15, 0.2) is 8.32 Å². The number of rotatable bonds is 11. The second-order valence-electron chi connectivity index (χ2n) is 5.67. The van der Waals surface area contributed by atoms with E-state index in [1.165, 1.54) is 31.7 Å². The van der Waals surface area contributed by atoms with E-state index >= 15 is 0 Å². The highest BCUT2D eigenvalue weighted by molar-refractivity contribution is 7.80. The third-order valence-electron chi connectivity index (χ3n) is 3.47. The van der Waals surface area contributed by atoms with Crippen LogP contribution in [0.2, 0.25) is 19.1 Å². The van der Waals surface area contributed by atoms with Gasteiger partial charge in [0, 0.05) is 5.25 Å². The molecule has 0 bridgehead atoms. The molecule has 0 saturated heterocycles. The molecule has 0 aliphatic heterocycles. The fourth-order valence-corrected chi connectivity index (χ4v) is 4.16. The Bertz CT molecular complexity index is 198. The highest BCUT2D eigenvalue weighted by atomic mass is 32.1. The summed E-state index contributed by atoms with van der Waals surface area (Å²) in [6.07, 6.45) is 4.99. The van der Waals surface area contributed by atoms with E-state index in [2.05, 4.69) is 51.4 Å². The van der Waals surface area contributed by atoms with E-state index < -0.39 is 8.32 Å². The number of thiol groups is 1. The minimum atomic E-state index is -1.46. The fraction of sp³-hybridized carbons (Fsp3) is 1.00. The molecular weight excluding hydrogens is 258 g/mol. The summed E-state index contributed by atoms with van der Waals surface area (Å²) in [6, 6.07) is 1.26. The van der Waals surface area contributed by atoms with Gasteiger partial charge in [-0.25, -0.2) is 0 Å². The second-order valence-corrected chi connectivity index (χ2v) is 10.7. The average molecular weight is 292 g/mol. The Balaban J connectivity index is 3.78. The largest absolute Gasteiger partial charge is 0.405 e. The first-order valence-corrected chi connectivity index (χ1v) is 11.1. The van der Waals surface area contributed by atoms with Crippen molar-refractivity contribution in [1.82, 2.24) is 4.90 Å². The zero-order chi connectivity index (χ0) is 14.0. The van der Waals surface area contributed by atoms with E-state index in [1.54, 1.807) is 0 Å². The third-order valence-corrected chi connectivity index (χ3v) is 6.46. The van der Waals surface area contributed by atoms with Gasteiger partial charge < -0.3 is 4.43 Å². The Morgan fingerprint density at radius 1 is 1.11 bits per heavy atom. The van der Waals surface area contributed by atoms with Gasteiger partial charge in [-0.15, -0.1) is 0 Å². The minimum Gasteiger partial charge on any atom is -0.405 e. The van der Waals surface area contributed by atoms with Crippen LogP contribution in [0.4, 0.5) is 0 Å². The van der Waals surface area contributed by atoms with Gasteiger partial charge in [0.1, 0.15) is 0 Å². The molecule has 0 aliphatic carbocycles. The van der Waals surface area contributed by atoms with Gasteiger partial charge in [0.25, 0.3) is 0 Å². The molecule has 0 saturated carbocycles. The lowest BCUT2D eigenvalue weighted by molar-refractivity contribution is 0.130. The quantitative estimate of drug-likeness (QED) is 0.344. The SMILES string of the molecule is CCCC(S)CCC[Si](C)(C)OCN(CC)CC. The van der Waals surface area contributed by atoms with Crippen LogP contribution in [0, 0.1) is 0 Å². The van der Waals surface area contributed by atoms with E-state index in [4.69, 9.17) is 4.43 Å². The van der Waals surface area contributed by atoms with Gasteiger partial charge in [-0.3, -0.25) is 4.90 Å². The zero-order valence-electron chi connectivity index (χ0n) is 13.0. The predicted molar refractivity (Wildman–Crippen MR) is 88.1 cm³/mol. The summed E-state index contributed by atoms with van der Waals surface area (Å²) in [4.78, 5) is 2.34. The normalized spacial score (nSPS) is 14.2. The van der Waals surface area contributed by atoms with Crippen molar-refractivity contribution in [2.45, 2.75) is 70.8 Å². The van der Waals surface area contributed by atoms with Crippen molar-refractivity contribution in [3.05, 3.63) is 0 Å². The van der Waals surface area contributed by atoms with Crippen LogP contribution >= 0.6 is 12.6 Å². The number of nitrogens with zero attached hydrogens (tertiary/aromatic N) is 1. The monoisotopic (exact) mass is 291 g/mol. The van der Waals surface area contributed by atoms with E-state index in [-0.39, 0.29) is 0 Å². The summed E-state index contributed by atoms with van der Waals surface area (Å²) in [7, 11) is -1.46. The summed E-state index contributed by atoms with van der Waals surface area (Å²) in [5.74, 6) is 0. The molecular formula is C14H33NOSSi. The maximum Gasteiger partial charge on any atom is 0.188 e. The van der Waals surface area contributed by atoms with Crippen molar-refractivity contribution >= 4 is 20.9 Å². The van der Waals surface area contributed by atoms with Crippen molar-refractivity contribution in [3.63, 3.8) is 0 Å². The van der Waals surface area contributed by atoms with E-state index in [0.29, 0.717) is 5.25 Å². The second kappa shape index (κ2) is 10.3. The van der Waals surface area contributed by atoms with Gasteiger partial charge in [-0.05, 0) is 45.1 Å². The summed E-state index contributed by atoms with van der Waals surface area (Å²) in [5, 5.41) is 0.586. The van der Waals surface area contributed by atoms with Crippen LogP contribution < -0.4 is 0 Å². The van der Waals surface area contributed by atoms with Gasteiger partial charge in [-0.2, -0.15) is 12.6 Å². The molecule has 2 nitrogen and oxygen atoms in total. The molecule has 0 radical (unpaired) electrons. The van der Waals surface area contributed by atoms with Crippen LogP contribution in [0.15, 0.2) is 0 Å². The average Bonchev–Trinajstić information content (AvgIpc) is 2.30. The first-order chi connectivity index (χ1) is 8.45. The molecule has 4 heteroatoms. The Morgan fingerprint density at radius 3 is 2.22 bits per heavy atom. The van der Waals surface area contributed by atoms with Crippen molar-refractivity contribution in [1.29, 1.82) is 0 Å². The van der Waals surface area contributed by atoms with Crippen molar-refractivity contribution < 1.29 is 4.43 Å². The molecule has 0 amide bonds. The zero-order valence-corrected chi connectivity index (χ0v) is 14.9. The summed E-state index contributed by atoms with van der Waals surface area (Å²) in [6.45, 7) is 14.3. The van der Waals surface area contributed by atoms with Crippen molar-refractivity contribution in [2.75, 3.05) is 19.8 Å². The Morgan fingerprint density at radius 2 is 1.72 bits per heavy atom. The lowest BCUT2D eigenvalue weighted by Crippen LogP contribution is -2.37. The maximum atomic E-state index is 6.16. The molecule has 110 valence electrons. The molecule has 0 aliphatic rings. The third kappa shape index (κ3) is 9.42. The van der Waals surface area contributed by atoms with Crippen LogP contribution in [0.5, 0.6) is 0 Å². The van der Waals surface area contributed by atoms with Crippen molar-refractivity contribution in [3.8, 4) is 0 Å². The summed E-state index contributed by atoms with van der Waals surface area (Å²) < 4.78 is 6.16. The summed E-state index contributed by atoms with van der Waals surface area (Å²) >= 11 is 4.62. The maximum absolute atomic E-state index is 6.16. The minimum absolute atomic E-state index is 0.586. The van der Waals surface area contributed by atoms with Crippen molar-refractivity contribution in [2.24, 2.45) is 0 Å². The molecule has 0 rings (SSSR count). The Hall–Kier alpha value is 0.487. The highest BCUT2D eigenvalue weighted by Gasteiger charge is 2.22. The Labute approximate surface area is 121 Å². The van der Waals surface area contributed by atoms with Crippen LogP contribution in [-0.4, -0.2) is 38.3 Å². The molecule has 0 fully saturated rings. The van der Waals surface area contributed by atoms with Gasteiger partial charge in [0.05, 0.1) is 6.73 Å². The molecule has 0 heterocycles. The molecule has 0 aromatic rings. The first-order valence-electron chi connectivity index (χ1n) is 7.49. The predicted octanol–water partition coefficient (Wildman–Crippen LogP) is 4.39. The number of hydrogen-bond donors (Lipinski definition) is 1. The first kappa shape index (κ1) is 18.5. The molecule has 0 N–H and O–H groups in total. The molecule has 0 spiro atoms. The smallest absolute Gasteiger partial charge is 0.188 e. The van der Waals surface area contributed by atoms with E-state index in [0.717, 1.165) is 19.8 Å². The number of hydrogen-bond acceptors (Lipinski definition) is 3. The molecule has 0 aromatic heterocycles. The topological polar surface area (TPSA) is 12.5 Å². The standard InChI is InChI=1S/C14H33NOSSi/c1-6-10-14(17)11-9-12-18(4,5)16-13-15(7-2)8-3/h14,17H,6-13H2,1-5H3. The lowest BCUT2D eigenvalue weighted by Gasteiger charge is -2.27. The van der Waals surface area contributed by atoms with Crippen LogP contribution in [0.1, 0.15) is 46.5 Å². The molecule has 1 unspecified atom stereocenters. The van der Waals surface area contributed by atoms with Gasteiger partial charge in [-0.1, -0.05) is 33.6 Å². The highest BCUT2D eigenvalue weighted by Crippen LogP contribution is 2.19. The Kier molecular flexibility index (Phi) is 10.6. The molecule has 18 heavy (non-hydrogen) atoms. The molecule has 1 atom stereocenters. The van der Waals surface area contributed by atoms with E-state index in [9.17, 15) is 0 Å². The van der Waals surface area contributed by atoms with Gasteiger partial charge in [0.2, 0.25) is 0 Å². The molecule has 0 aromatic carbocycles. The van der Waals surface area contributed by atoms with Gasteiger partial charge >= 0.3 is 0 Å². The summed E-state index contributed by atoms with van der Waals surface area (Å²) in [5.41, 5.74) is 0. The fourth-order valence-electron chi connectivity index (χ4n) is 1.99.